The molecule has 0 bridgehead atoms. The minimum absolute atomic E-state index is 0.226. The molecular weight excluding hydrogens is 449 g/mol. The van der Waals surface area contributed by atoms with E-state index < -0.39 is 0 Å². The van der Waals surface area contributed by atoms with Crippen molar-refractivity contribution in [2.24, 2.45) is 5.10 Å². The van der Waals surface area contributed by atoms with Crippen LogP contribution in [0.15, 0.2) is 90.2 Å². The van der Waals surface area contributed by atoms with Crippen molar-refractivity contribution < 1.29 is 4.79 Å². The maximum atomic E-state index is 12.5. The highest BCUT2D eigenvalue weighted by atomic mass is 127. The van der Waals surface area contributed by atoms with E-state index in [1.54, 1.807) is 6.21 Å². The Bertz CT molecular complexity index is 1120. The molecule has 132 valence electrons. The monoisotopic (exact) mass is 465 g/mol. The van der Waals surface area contributed by atoms with E-state index in [-0.39, 0.29) is 5.91 Å². The molecule has 0 radical (unpaired) electrons. The number of carbonyl (C=O) groups is 1. The molecule has 0 aliphatic rings. The van der Waals surface area contributed by atoms with E-state index in [0.717, 1.165) is 22.2 Å². The summed E-state index contributed by atoms with van der Waals surface area (Å²) in [6.45, 7) is 0. The van der Waals surface area contributed by atoms with Crippen LogP contribution in [0, 0.1) is 3.57 Å². The highest BCUT2D eigenvalue weighted by Gasteiger charge is 2.08. The van der Waals surface area contributed by atoms with Gasteiger partial charge in [0.25, 0.3) is 5.91 Å². The third-order valence-corrected chi connectivity index (χ3v) is 5.00. The Labute approximate surface area is 170 Å². The van der Waals surface area contributed by atoms with Crippen LogP contribution >= 0.6 is 22.6 Å². The lowest BCUT2D eigenvalue weighted by Crippen LogP contribution is -2.18. The second-order valence-corrected chi connectivity index (χ2v) is 7.25. The number of hydrazone groups is 1. The fourth-order valence-corrected chi connectivity index (χ4v) is 3.34. The summed E-state index contributed by atoms with van der Waals surface area (Å²) < 4.78 is 3.20. The molecule has 3 aromatic carbocycles. The van der Waals surface area contributed by atoms with E-state index in [1.165, 1.54) is 3.57 Å². The average molecular weight is 465 g/mol. The first kappa shape index (κ1) is 17.5. The predicted octanol–water partition coefficient (Wildman–Crippen LogP) is 5.00. The summed E-state index contributed by atoms with van der Waals surface area (Å²) in [4.78, 5) is 12.5. The van der Waals surface area contributed by atoms with E-state index in [1.807, 2.05) is 77.5 Å². The number of aromatic nitrogens is 1. The van der Waals surface area contributed by atoms with Crippen molar-refractivity contribution in [3.05, 3.63) is 99.9 Å². The van der Waals surface area contributed by atoms with Gasteiger partial charge in [0.1, 0.15) is 0 Å². The van der Waals surface area contributed by atoms with Gasteiger partial charge in [-0.1, -0.05) is 36.4 Å². The SMILES string of the molecule is O=C(N/N=C\c1cccn1-c1ccc(I)cc1)c1cccc2ccccc12. The predicted molar refractivity (Wildman–Crippen MR) is 117 cm³/mol. The molecule has 0 aliphatic carbocycles. The first-order chi connectivity index (χ1) is 13.2. The molecule has 1 amide bonds. The third-order valence-electron chi connectivity index (χ3n) is 4.28. The second-order valence-electron chi connectivity index (χ2n) is 6.01. The molecule has 5 heteroatoms. The van der Waals surface area contributed by atoms with E-state index in [0.29, 0.717) is 5.56 Å². The largest absolute Gasteiger partial charge is 0.316 e. The molecule has 0 atom stereocenters. The van der Waals surface area contributed by atoms with Crippen LogP contribution < -0.4 is 5.43 Å². The highest BCUT2D eigenvalue weighted by Crippen LogP contribution is 2.18. The Kier molecular flexibility index (Phi) is 5.02. The first-order valence-corrected chi connectivity index (χ1v) is 9.55. The topological polar surface area (TPSA) is 46.4 Å². The number of halogens is 1. The smallest absolute Gasteiger partial charge is 0.271 e. The maximum Gasteiger partial charge on any atom is 0.271 e. The number of hydrogen-bond donors (Lipinski definition) is 1. The summed E-state index contributed by atoms with van der Waals surface area (Å²) in [5.41, 5.74) is 5.17. The van der Waals surface area contributed by atoms with Crippen molar-refractivity contribution in [1.82, 2.24) is 9.99 Å². The zero-order valence-electron chi connectivity index (χ0n) is 14.3. The lowest BCUT2D eigenvalue weighted by Gasteiger charge is -2.07. The first-order valence-electron chi connectivity index (χ1n) is 8.47. The molecule has 1 heterocycles. The molecule has 0 fully saturated rings. The van der Waals surface area contributed by atoms with Crippen molar-refractivity contribution in [2.75, 3.05) is 0 Å². The molecule has 4 rings (SSSR count). The number of carbonyl (C=O) groups excluding carboxylic acids is 1. The minimum atomic E-state index is -0.226. The van der Waals surface area contributed by atoms with Gasteiger partial charge < -0.3 is 4.57 Å². The van der Waals surface area contributed by atoms with Gasteiger partial charge in [-0.15, -0.1) is 0 Å². The fraction of sp³-hybridized carbons (Fsp3) is 0. The number of nitrogens with zero attached hydrogens (tertiary/aromatic N) is 2. The molecule has 0 saturated heterocycles. The minimum Gasteiger partial charge on any atom is -0.316 e. The third kappa shape index (κ3) is 3.78. The zero-order chi connectivity index (χ0) is 18.6. The quantitative estimate of drug-likeness (QED) is 0.258. The molecule has 4 nitrogen and oxygen atoms in total. The van der Waals surface area contributed by atoms with Gasteiger partial charge in [0.2, 0.25) is 0 Å². The lowest BCUT2D eigenvalue weighted by molar-refractivity contribution is 0.0957. The van der Waals surface area contributed by atoms with Crippen LogP contribution in [0.3, 0.4) is 0 Å². The van der Waals surface area contributed by atoms with Gasteiger partial charge in [-0.3, -0.25) is 4.79 Å². The molecule has 0 saturated carbocycles. The lowest BCUT2D eigenvalue weighted by atomic mass is 10.0. The Morgan fingerprint density at radius 3 is 2.56 bits per heavy atom. The number of fused-ring (bicyclic) bond motifs is 1. The van der Waals surface area contributed by atoms with Crippen LogP contribution in [0.25, 0.3) is 16.5 Å². The molecule has 0 aliphatic heterocycles. The van der Waals surface area contributed by atoms with Crippen LogP contribution in [-0.4, -0.2) is 16.7 Å². The summed E-state index contributed by atoms with van der Waals surface area (Å²) in [5.74, 6) is -0.226. The summed E-state index contributed by atoms with van der Waals surface area (Å²) in [6, 6.07) is 25.6. The van der Waals surface area contributed by atoms with Crippen molar-refractivity contribution in [1.29, 1.82) is 0 Å². The number of nitrogens with one attached hydrogen (secondary N) is 1. The Hall–Kier alpha value is -2.93. The molecular formula is C22H16IN3O. The van der Waals surface area contributed by atoms with Crippen LogP contribution in [0.4, 0.5) is 0 Å². The molecule has 1 aromatic heterocycles. The normalized spacial score (nSPS) is 11.1. The van der Waals surface area contributed by atoms with Gasteiger partial charge in [-0.05, 0) is 75.8 Å². The number of benzene rings is 3. The number of amides is 1. The van der Waals surface area contributed by atoms with Crippen molar-refractivity contribution >= 4 is 45.5 Å². The second kappa shape index (κ2) is 7.75. The Balaban J connectivity index is 1.54. The van der Waals surface area contributed by atoms with Gasteiger partial charge in [0, 0.05) is 21.0 Å². The summed E-state index contributed by atoms with van der Waals surface area (Å²) >= 11 is 2.28. The maximum absolute atomic E-state index is 12.5. The Morgan fingerprint density at radius 1 is 0.926 bits per heavy atom. The summed E-state index contributed by atoms with van der Waals surface area (Å²) in [6.07, 6.45) is 3.62. The summed E-state index contributed by atoms with van der Waals surface area (Å²) in [5, 5.41) is 6.10. The fourth-order valence-electron chi connectivity index (χ4n) is 2.98. The number of hydrogen-bond acceptors (Lipinski definition) is 2. The molecule has 0 spiro atoms. The highest BCUT2D eigenvalue weighted by molar-refractivity contribution is 14.1. The van der Waals surface area contributed by atoms with Crippen molar-refractivity contribution in [3.63, 3.8) is 0 Å². The van der Waals surface area contributed by atoms with E-state index in [2.05, 4.69) is 45.3 Å². The standard InChI is InChI=1S/C22H16IN3O/c23-17-10-12-18(13-11-17)26-14-4-7-19(26)15-24-25-22(27)21-9-3-6-16-5-1-2-8-20(16)21/h1-15H,(H,25,27)/b24-15-. The van der Waals surface area contributed by atoms with Gasteiger partial charge in [-0.25, -0.2) is 5.43 Å². The van der Waals surface area contributed by atoms with E-state index in [4.69, 9.17) is 0 Å². The van der Waals surface area contributed by atoms with Crippen LogP contribution in [0.1, 0.15) is 16.1 Å². The van der Waals surface area contributed by atoms with Gasteiger partial charge >= 0.3 is 0 Å². The van der Waals surface area contributed by atoms with Gasteiger partial charge in [0.15, 0.2) is 0 Å². The molecule has 27 heavy (non-hydrogen) atoms. The van der Waals surface area contributed by atoms with Crippen LogP contribution in [0.2, 0.25) is 0 Å². The number of rotatable bonds is 4. The van der Waals surface area contributed by atoms with Gasteiger partial charge in [-0.2, -0.15) is 5.10 Å². The van der Waals surface area contributed by atoms with Crippen LogP contribution in [-0.2, 0) is 0 Å². The molecule has 1 N–H and O–H groups in total. The Morgan fingerprint density at radius 2 is 1.70 bits per heavy atom. The van der Waals surface area contributed by atoms with Crippen molar-refractivity contribution in [2.45, 2.75) is 0 Å². The van der Waals surface area contributed by atoms with E-state index >= 15 is 0 Å². The van der Waals surface area contributed by atoms with E-state index in [9.17, 15) is 4.79 Å². The van der Waals surface area contributed by atoms with Crippen molar-refractivity contribution in [3.8, 4) is 5.69 Å². The molecule has 0 unspecified atom stereocenters. The van der Waals surface area contributed by atoms with Gasteiger partial charge in [0.05, 0.1) is 11.9 Å². The average Bonchev–Trinajstić information content (AvgIpc) is 3.16. The summed E-state index contributed by atoms with van der Waals surface area (Å²) in [7, 11) is 0. The van der Waals surface area contributed by atoms with Crippen LogP contribution in [0.5, 0.6) is 0 Å². The zero-order valence-corrected chi connectivity index (χ0v) is 16.5. The molecule has 4 aromatic rings.